The number of hydrogen-bond acceptors (Lipinski definition) is 2. The first-order chi connectivity index (χ1) is 7.15. The molecular weight excluding hydrogens is 231 g/mol. The summed E-state index contributed by atoms with van der Waals surface area (Å²) in [6.45, 7) is 1.77. The lowest BCUT2D eigenvalue weighted by Crippen LogP contribution is -2.29. The van der Waals surface area contributed by atoms with Crippen LogP contribution in [-0.4, -0.2) is 31.4 Å². The number of likely N-dealkylation sites (N-methyl/N-ethyl adjacent to an activating group) is 1. The van der Waals surface area contributed by atoms with Crippen LogP contribution in [0.25, 0.3) is 0 Å². The monoisotopic (exact) mass is 242 g/mol. The minimum atomic E-state index is 0.385. The maximum absolute atomic E-state index is 5.97. The fourth-order valence-electron chi connectivity index (χ4n) is 1.79. The maximum atomic E-state index is 5.97. The van der Waals surface area contributed by atoms with E-state index in [0.29, 0.717) is 16.0 Å². The molecule has 15 heavy (non-hydrogen) atoms. The first kappa shape index (κ1) is 10.8. The summed E-state index contributed by atoms with van der Waals surface area (Å²) < 4.78 is 0. The summed E-state index contributed by atoms with van der Waals surface area (Å²) in [5.41, 5.74) is 1.16. The van der Waals surface area contributed by atoms with Crippen LogP contribution in [0.3, 0.4) is 0 Å². The van der Waals surface area contributed by atoms with Gasteiger partial charge < -0.3 is 4.90 Å². The van der Waals surface area contributed by atoms with Gasteiger partial charge in [0.1, 0.15) is 0 Å². The second kappa shape index (κ2) is 4.42. The second-order valence-corrected chi connectivity index (χ2v) is 4.69. The van der Waals surface area contributed by atoms with Gasteiger partial charge in [-0.15, -0.1) is 0 Å². The molecule has 1 aromatic rings. The van der Waals surface area contributed by atoms with E-state index in [1.807, 2.05) is 25.5 Å². The maximum Gasteiger partial charge on any atom is 0.0847 e. The quantitative estimate of drug-likeness (QED) is 0.740. The van der Waals surface area contributed by atoms with E-state index >= 15 is 0 Å². The molecule has 0 aromatic heterocycles. The van der Waals surface area contributed by atoms with Gasteiger partial charge in [0.25, 0.3) is 0 Å². The molecule has 80 valence electrons. The molecule has 2 nitrogen and oxygen atoms in total. The van der Waals surface area contributed by atoms with E-state index in [1.165, 1.54) is 0 Å². The van der Waals surface area contributed by atoms with Crippen molar-refractivity contribution >= 4 is 29.5 Å². The molecule has 0 saturated carbocycles. The molecule has 1 unspecified atom stereocenters. The van der Waals surface area contributed by atoms with E-state index < -0.39 is 0 Å². The zero-order valence-electron chi connectivity index (χ0n) is 8.45. The number of hydrogen-bond donors (Lipinski definition) is 0. The van der Waals surface area contributed by atoms with Gasteiger partial charge in [-0.1, -0.05) is 23.2 Å². The molecule has 1 aliphatic heterocycles. The summed E-state index contributed by atoms with van der Waals surface area (Å²) >= 11 is 11.9. The molecule has 0 N–H and O–H groups in total. The van der Waals surface area contributed by atoms with Gasteiger partial charge in [-0.25, -0.2) is 0 Å². The van der Waals surface area contributed by atoms with Crippen LogP contribution in [0.1, 0.15) is 11.5 Å². The minimum Gasteiger partial charge on any atom is -0.365 e. The zero-order valence-corrected chi connectivity index (χ0v) is 9.96. The third-order valence-corrected chi connectivity index (χ3v) is 2.91. The highest BCUT2D eigenvalue weighted by Crippen LogP contribution is 2.26. The molecule has 0 aliphatic carbocycles. The molecule has 0 bridgehead atoms. The number of rotatable bonds is 1. The standard InChI is InChI=1S/C11H12Cl2N2/c1-15-6-9(5-14-7-15)8-2-10(12)4-11(13)3-8/h2-4,7,9H,5-6H2,1H3. The van der Waals surface area contributed by atoms with Crippen molar-refractivity contribution in [2.24, 2.45) is 4.99 Å². The van der Waals surface area contributed by atoms with Gasteiger partial charge >= 0.3 is 0 Å². The summed E-state index contributed by atoms with van der Waals surface area (Å²) in [4.78, 5) is 6.36. The Labute approximate surface area is 99.5 Å². The zero-order chi connectivity index (χ0) is 10.8. The number of benzene rings is 1. The van der Waals surface area contributed by atoms with E-state index in [9.17, 15) is 0 Å². The van der Waals surface area contributed by atoms with Crippen molar-refractivity contribution in [1.82, 2.24) is 4.90 Å². The Bertz CT molecular complexity index is 370. The summed E-state index contributed by atoms with van der Waals surface area (Å²) in [5, 5.41) is 1.38. The molecule has 0 radical (unpaired) electrons. The van der Waals surface area contributed by atoms with Crippen molar-refractivity contribution in [2.75, 3.05) is 20.1 Å². The molecule has 0 saturated heterocycles. The molecule has 1 aliphatic rings. The van der Waals surface area contributed by atoms with Crippen LogP contribution in [0, 0.1) is 0 Å². The van der Waals surface area contributed by atoms with Crippen molar-refractivity contribution in [3.8, 4) is 0 Å². The smallest absolute Gasteiger partial charge is 0.0847 e. The fraction of sp³-hybridized carbons (Fsp3) is 0.364. The highest BCUT2D eigenvalue weighted by molar-refractivity contribution is 6.34. The van der Waals surface area contributed by atoms with E-state index in [4.69, 9.17) is 23.2 Å². The van der Waals surface area contributed by atoms with Crippen LogP contribution in [0.15, 0.2) is 23.2 Å². The lowest BCUT2D eigenvalue weighted by molar-refractivity contribution is 0.440. The Hall–Kier alpha value is -0.730. The van der Waals surface area contributed by atoms with Crippen LogP contribution in [0.2, 0.25) is 10.0 Å². The SMILES string of the molecule is CN1C=NCC(c2cc(Cl)cc(Cl)c2)C1. The minimum absolute atomic E-state index is 0.385. The average molecular weight is 243 g/mol. The van der Waals surface area contributed by atoms with E-state index in [0.717, 1.165) is 18.7 Å². The number of nitrogens with zero attached hydrogens (tertiary/aromatic N) is 2. The van der Waals surface area contributed by atoms with Crippen LogP contribution < -0.4 is 0 Å². The lowest BCUT2D eigenvalue weighted by Gasteiger charge is -2.25. The molecule has 0 spiro atoms. The Morgan fingerprint density at radius 3 is 2.53 bits per heavy atom. The molecule has 1 atom stereocenters. The van der Waals surface area contributed by atoms with Gasteiger partial charge in [-0.2, -0.15) is 0 Å². The van der Waals surface area contributed by atoms with Crippen molar-refractivity contribution in [3.63, 3.8) is 0 Å². The average Bonchev–Trinajstić information content (AvgIpc) is 2.16. The molecule has 0 amide bonds. The van der Waals surface area contributed by atoms with E-state index in [-0.39, 0.29) is 0 Å². The van der Waals surface area contributed by atoms with Crippen LogP contribution >= 0.6 is 23.2 Å². The van der Waals surface area contributed by atoms with Gasteiger partial charge in [-0.3, -0.25) is 4.99 Å². The Morgan fingerprint density at radius 1 is 1.27 bits per heavy atom. The predicted molar refractivity (Wildman–Crippen MR) is 65.2 cm³/mol. The van der Waals surface area contributed by atoms with Gasteiger partial charge in [0.05, 0.1) is 6.34 Å². The summed E-state index contributed by atoms with van der Waals surface area (Å²) in [6.07, 6.45) is 1.86. The van der Waals surface area contributed by atoms with Crippen LogP contribution in [0.5, 0.6) is 0 Å². The molecule has 1 aromatic carbocycles. The normalized spacial score (nSPS) is 20.7. The Balaban J connectivity index is 2.25. The van der Waals surface area contributed by atoms with E-state index in [1.54, 1.807) is 6.07 Å². The van der Waals surface area contributed by atoms with Crippen molar-refractivity contribution in [3.05, 3.63) is 33.8 Å². The lowest BCUT2D eigenvalue weighted by atomic mass is 9.98. The number of halogens is 2. The summed E-state index contributed by atoms with van der Waals surface area (Å²) in [6, 6.07) is 5.68. The first-order valence-electron chi connectivity index (χ1n) is 4.81. The molecule has 0 fully saturated rings. The Kier molecular flexibility index (Phi) is 3.17. The van der Waals surface area contributed by atoms with Gasteiger partial charge in [-0.05, 0) is 23.8 Å². The van der Waals surface area contributed by atoms with Crippen molar-refractivity contribution in [1.29, 1.82) is 0 Å². The number of aliphatic imine (C=N–C) groups is 1. The second-order valence-electron chi connectivity index (χ2n) is 3.82. The fourth-order valence-corrected chi connectivity index (χ4v) is 2.33. The first-order valence-corrected chi connectivity index (χ1v) is 5.57. The van der Waals surface area contributed by atoms with Crippen molar-refractivity contribution in [2.45, 2.75) is 5.92 Å². The largest absolute Gasteiger partial charge is 0.365 e. The van der Waals surface area contributed by atoms with Gasteiger partial charge in [0.2, 0.25) is 0 Å². The molecule has 2 rings (SSSR count). The van der Waals surface area contributed by atoms with Crippen LogP contribution in [0.4, 0.5) is 0 Å². The van der Waals surface area contributed by atoms with Gasteiger partial charge in [0, 0.05) is 36.1 Å². The molecular formula is C11H12Cl2N2. The third kappa shape index (κ3) is 2.64. The predicted octanol–water partition coefficient (Wildman–Crippen LogP) is 3.05. The highest BCUT2D eigenvalue weighted by Gasteiger charge is 2.16. The summed E-state index contributed by atoms with van der Waals surface area (Å²) in [5.74, 6) is 0.385. The molecule has 4 heteroatoms. The van der Waals surface area contributed by atoms with Crippen molar-refractivity contribution < 1.29 is 0 Å². The molecule has 1 heterocycles. The highest BCUT2D eigenvalue weighted by atomic mass is 35.5. The topological polar surface area (TPSA) is 15.6 Å². The van der Waals surface area contributed by atoms with Crippen LogP contribution in [-0.2, 0) is 0 Å². The third-order valence-electron chi connectivity index (χ3n) is 2.47. The van der Waals surface area contributed by atoms with E-state index in [2.05, 4.69) is 9.89 Å². The summed E-state index contributed by atoms with van der Waals surface area (Å²) in [7, 11) is 2.02. The Morgan fingerprint density at radius 2 is 1.93 bits per heavy atom. The van der Waals surface area contributed by atoms with Gasteiger partial charge in [0.15, 0.2) is 0 Å².